The predicted octanol–water partition coefficient (Wildman–Crippen LogP) is 5.38. The fourth-order valence-corrected chi connectivity index (χ4v) is 3.95. The summed E-state index contributed by atoms with van der Waals surface area (Å²) in [6.45, 7) is 1.72. The Labute approximate surface area is 169 Å². The van der Waals surface area contributed by atoms with Gasteiger partial charge in [0.2, 0.25) is 0 Å². The van der Waals surface area contributed by atoms with Crippen molar-refractivity contribution in [2.75, 3.05) is 14.1 Å². The summed E-state index contributed by atoms with van der Waals surface area (Å²) in [6, 6.07) is 5.99. The molecule has 0 unspecified atom stereocenters. The largest absolute Gasteiger partial charge is 0.369 e. The maximum Gasteiger partial charge on any atom is 0.171 e. The van der Waals surface area contributed by atoms with Gasteiger partial charge in [-0.3, -0.25) is 4.79 Å². The number of hydrogen-bond donors (Lipinski definition) is 0. The molecule has 0 spiro atoms. The first-order chi connectivity index (χ1) is 13.5. The minimum atomic E-state index is 0.398. The lowest BCUT2D eigenvalue weighted by atomic mass is 9.86. The zero-order chi connectivity index (χ0) is 20.4. The highest BCUT2D eigenvalue weighted by Gasteiger charge is 2.18. The Balaban J connectivity index is 0.000000261. The number of rotatable bonds is 4. The molecule has 0 amide bonds. The SMILES string of the molecule is CC(=O)C1CCCCC1.CN(C)C=Nc1nc(C2CCCCC2)ccc1C#N. The molecule has 0 bridgehead atoms. The molecule has 2 aliphatic rings. The van der Waals surface area contributed by atoms with E-state index >= 15 is 0 Å². The van der Waals surface area contributed by atoms with Crippen LogP contribution in [-0.2, 0) is 4.79 Å². The third-order valence-corrected chi connectivity index (χ3v) is 5.63. The number of ketones is 1. The van der Waals surface area contributed by atoms with Gasteiger partial charge >= 0.3 is 0 Å². The van der Waals surface area contributed by atoms with Crippen LogP contribution < -0.4 is 0 Å². The zero-order valence-corrected chi connectivity index (χ0v) is 17.7. The number of aliphatic imine (C=N–C) groups is 1. The summed E-state index contributed by atoms with van der Waals surface area (Å²) in [6.07, 6.45) is 14.2. The first-order valence-electron chi connectivity index (χ1n) is 10.6. The Morgan fingerprint density at radius 2 is 1.71 bits per heavy atom. The van der Waals surface area contributed by atoms with Crippen molar-refractivity contribution in [3.05, 3.63) is 23.4 Å². The average molecular weight is 383 g/mol. The summed E-state index contributed by atoms with van der Waals surface area (Å²) < 4.78 is 0. The normalized spacial score (nSPS) is 18.2. The smallest absolute Gasteiger partial charge is 0.171 e. The predicted molar refractivity (Wildman–Crippen MR) is 114 cm³/mol. The maximum absolute atomic E-state index is 10.8. The molecule has 28 heavy (non-hydrogen) atoms. The van der Waals surface area contributed by atoms with Crippen LogP contribution in [0.4, 0.5) is 5.82 Å². The third kappa shape index (κ3) is 7.07. The van der Waals surface area contributed by atoms with Gasteiger partial charge in [0.15, 0.2) is 5.82 Å². The second-order valence-corrected chi connectivity index (χ2v) is 8.21. The highest BCUT2D eigenvalue weighted by molar-refractivity contribution is 5.78. The number of carbonyl (C=O) groups excluding carboxylic acids is 1. The second kappa shape index (κ2) is 11.6. The molecule has 1 aromatic heterocycles. The van der Waals surface area contributed by atoms with E-state index in [4.69, 9.17) is 5.26 Å². The molecule has 2 fully saturated rings. The Hall–Kier alpha value is -2.22. The minimum absolute atomic E-state index is 0.398. The van der Waals surface area contributed by atoms with Gasteiger partial charge in [-0.1, -0.05) is 38.5 Å². The summed E-state index contributed by atoms with van der Waals surface area (Å²) in [4.78, 5) is 21.5. The molecule has 152 valence electrons. The summed E-state index contributed by atoms with van der Waals surface area (Å²) in [5, 5.41) is 9.11. The molecule has 0 radical (unpaired) electrons. The van der Waals surface area contributed by atoms with Crippen LogP contribution in [0.25, 0.3) is 0 Å². The molecule has 1 aromatic rings. The van der Waals surface area contributed by atoms with Crippen molar-refractivity contribution in [1.29, 1.82) is 5.26 Å². The highest BCUT2D eigenvalue weighted by Crippen LogP contribution is 2.33. The number of nitrogens with zero attached hydrogens (tertiary/aromatic N) is 4. The van der Waals surface area contributed by atoms with E-state index in [1.807, 2.05) is 31.1 Å². The summed E-state index contributed by atoms with van der Waals surface area (Å²) in [5.41, 5.74) is 1.63. The molecule has 0 aliphatic heterocycles. The summed E-state index contributed by atoms with van der Waals surface area (Å²) in [7, 11) is 3.81. The molecule has 2 saturated carbocycles. The van der Waals surface area contributed by atoms with E-state index < -0.39 is 0 Å². The number of Topliss-reactive ketones (excluding diaryl/α,β-unsaturated/α-hetero) is 1. The van der Waals surface area contributed by atoms with E-state index in [1.165, 1.54) is 51.4 Å². The van der Waals surface area contributed by atoms with Crippen LogP contribution in [0.15, 0.2) is 17.1 Å². The van der Waals surface area contributed by atoms with Gasteiger partial charge in [0.25, 0.3) is 0 Å². The van der Waals surface area contributed by atoms with Crippen LogP contribution in [0.1, 0.15) is 88.3 Å². The lowest BCUT2D eigenvalue weighted by Gasteiger charge is -2.21. The lowest BCUT2D eigenvalue weighted by Crippen LogP contribution is -2.13. The molecule has 2 aliphatic carbocycles. The van der Waals surface area contributed by atoms with Gasteiger partial charge in [-0.05, 0) is 44.7 Å². The van der Waals surface area contributed by atoms with Crippen LogP contribution in [0.3, 0.4) is 0 Å². The molecule has 0 atom stereocenters. The number of aromatic nitrogens is 1. The van der Waals surface area contributed by atoms with Crippen molar-refractivity contribution in [2.24, 2.45) is 10.9 Å². The standard InChI is InChI=1S/C15H20N4.C8H14O/c1-19(2)11-17-15-13(10-16)8-9-14(18-15)12-6-4-3-5-7-12;1-7(9)8-5-3-2-4-6-8/h8-9,11-12H,3-7H2,1-2H3;8H,2-6H2,1H3. The minimum Gasteiger partial charge on any atom is -0.369 e. The monoisotopic (exact) mass is 382 g/mol. The summed E-state index contributed by atoms with van der Waals surface area (Å²) >= 11 is 0. The van der Waals surface area contributed by atoms with Gasteiger partial charge in [0.05, 0.1) is 11.9 Å². The Kier molecular flexibility index (Phi) is 9.13. The van der Waals surface area contributed by atoms with Crippen molar-refractivity contribution < 1.29 is 4.79 Å². The number of nitriles is 1. The van der Waals surface area contributed by atoms with E-state index in [1.54, 1.807) is 13.3 Å². The maximum atomic E-state index is 10.8. The fourth-order valence-electron chi connectivity index (χ4n) is 3.95. The Morgan fingerprint density at radius 1 is 1.11 bits per heavy atom. The van der Waals surface area contributed by atoms with Crippen molar-refractivity contribution >= 4 is 17.9 Å². The van der Waals surface area contributed by atoms with Crippen LogP contribution in [0, 0.1) is 17.2 Å². The number of hydrogen-bond acceptors (Lipinski definition) is 4. The highest BCUT2D eigenvalue weighted by atomic mass is 16.1. The number of pyridine rings is 1. The first-order valence-corrected chi connectivity index (χ1v) is 10.6. The topological polar surface area (TPSA) is 69.3 Å². The van der Waals surface area contributed by atoms with E-state index in [9.17, 15) is 4.79 Å². The van der Waals surface area contributed by atoms with Gasteiger partial charge in [-0.2, -0.15) is 5.26 Å². The van der Waals surface area contributed by atoms with E-state index in [-0.39, 0.29) is 0 Å². The van der Waals surface area contributed by atoms with Crippen LogP contribution in [0.5, 0.6) is 0 Å². The molecule has 0 N–H and O–H groups in total. The zero-order valence-electron chi connectivity index (χ0n) is 17.7. The molecule has 3 rings (SSSR count). The molecule has 1 heterocycles. The average Bonchev–Trinajstić information content (AvgIpc) is 2.73. The first kappa shape index (κ1) is 22.1. The van der Waals surface area contributed by atoms with Crippen molar-refractivity contribution in [3.63, 3.8) is 0 Å². The van der Waals surface area contributed by atoms with Gasteiger partial charge < -0.3 is 4.90 Å². The van der Waals surface area contributed by atoms with Crippen molar-refractivity contribution in [3.8, 4) is 6.07 Å². The molecular formula is C23H34N4O. The third-order valence-electron chi connectivity index (χ3n) is 5.63. The van der Waals surface area contributed by atoms with Gasteiger partial charge in [-0.15, -0.1) is 0 Å². The fraction of sp³-hybridized carbons (Fsp3) is 0.652. The van der Waals surface area contributed by atoms with Crippen LogP contribution in [0.2, 0.25) is 0 Å². The second-order valence-electron chi connectivity index (χ2n) is 8.21. The van der Waals surface area contributed by atoms with E-state index in [0.29, 0.717) is 29.0 Å². The van der Waals surface area contributed by atoms with Gasteiger partial charge in [0.1, 0.15) is 11.9 Å². The molecule has 5 nitrogen and oxygen atoms in total. The Morgan fingerprint density at radius 3 is 2.21 bits per heavy atom. The summed E-state index contributed by atoms with van der Waals surface area (Å²) in [5.74, 6) is 1.89. The number of carbonyl (C=O) groups is 1. The van der Waals surface area contributed by atoms with Crippen LogP contribution in [-0.4, -0.2) is 36.1 Å². The van der Waals surface area contributed by atoms with Gasteiger partial charge in [0, 0.05) is 31.6 Å². The van der Waals surface area contributed by atoms with E-state index in [0.717, 1.165) is 18.5 Å². The molecule has 0 saturated heterocycles. The van der Waals surface area contributed by atoms with Crippen LogP contribution >= 0.6 is 0 Å². The molecular weight excluding hydrogens is 348 g/mol. The Bertz CT molecular complexity index is 693. The van der Waals surface area contributed by atoms with Crippen molar-refractivity contribution in [1.82, 2.24) is 9.88 Å². The lowest BCUT2D eigenvalue weighted by molar-refractivity contribution is -0.121. The molecule has 0 aromatic carbocycles. The van der Waals surface area contributed by atoms with Crippen molar-refractivity contribution in [2.45, 2.75) is 77.0 Å². The van der Waals surface area contributed by atoms with E-state index in [2.05, 4.69) is 16.0 Å². The quantitative estimate of drug-likeness (QED) is 0.518. The van der Waals surface area contributed by atoms with Gasteiger partial charge in [-0.25, -0.2) is 9.98 Å². The molecule has 5 heteroatoms.